The van der Waals surface area contributed by atoms with Crippen LogP contribution in [0, 0.1) is 18.3 Å². The first-order valence-corrected chi connectivity index (χ1v) is 6.80. The fourth-order valence-corrected chi connectivity index (χ4v) is 2.50. The minimum absolute atomic E-state index is 0.238. The maximum atomic E-state index is 12.4. The van der Waals surface area contributed by atoms with Crippen LogP contribution in [0.4, 0.5) is 0 Å². The third-order valence-corrected chi connectivity index (χ3v) is 3.67. The molecule has 108 valence electrons. The van der Waals surface area contributed by atoms with Gasteiger partial charge in [-0.05, 0) is 24.8 Å². The lowest BCUT2D eigenvalue weighted by molar-refractivity contribution is 0.0579. The van der Waals surface area contributed by atoms with Crippen molar-refractivity contribution in [2.24, 2.45) is 5.92 Å². The van der Waals surface area contributed by atoms with Crippen molar-refractivity contribution in [3.8, 4) is 12.3 Å². The Bertz CT molecular complexity index is 684. The van der Waals surface area contributed by atoms with Crippen LogP contribution in [0.15, 0.2) is 12.3 Å². The first-order chi connectivity index (χ1) is 10.3. The van der Waals surface area contributed by atoms with Gasteiger partial charge in [0.1, 0.15) is 5.52 Å². The second-order valence-electron chi connectivity index (χ2n) is 4.92. The summed E-state index contributed by atoms with van der Waals surface area (Å²) in [6.45, 7) is 1.36. The molecule has 0 unspecified atom stereocenters. The smallest absolute Gasteiger partial charge is 0.254 e. The number of fused-ring (bicyclic) bond motifs is 1. The van der Waals surface area contributed by atoms with E-state index < -0.39 is 0 Å². The molecule has 21 heavy (non-hydrogen) atoms. The Labute approximate surface area is 121 Å². The average molecular weight is 285 g/mol. The zero-order chi connectivity index (χ0) is 14.7. The number of nitrogens with zero attached hydrogens (tertiary/aromatic N) is 3. The summed E-state index contributed by atoms with van der Waals surface area (Å²) in [7, 11) is 0. The van der Waals surface area contributed by atoms with Gasteiger partial charge in [0.05, 0.1) is 11.6 Å². The van der Waals surface area contributed by atoms with Crippen LogP contribution < -0.4 is 5.32 Å². The molecule has 0 radical (unpaired) electrons. The molecule has 3 rings (SSSR count). The summed E-state index contributed by atoms with van der Waals surface area (Å²) in [6.07, 6.45) is 8.80. The van der Waals surface area contributed by atoms with E-state index in [0.29, 0.717) is 29.9 Å². The summed E-state index contributed by atoms with van der Waals surface area (Å²) in [5.74, 6) is 2.65. The number of amides is 1. The fraction of sp³-hybridized carbons (Fsp3) is 0.429. The highest BCUT2D eigenvalue weighted by molar-refractivity contribution is 6.03. The molecule has 2 aromatic rings. The van der Waals surface area contributed by atoms with Gasteiger partial charge >= 0.3 is 0 Å². The highest BCUT2D eigenvalue weighted by atomic mass is 16.5. The summed E-state index contributed by atoms with van der Waals surface area (Å²) in [5, 5.41) is 13.2. The number of aromatic amines is 1. The van der Waals surface area contributed by atoms with Crippen molar-refractivity contribution < 1.29 is 9.53 Å². The lowest BCUT2D eigenvalue weighted by Gasteiger charge is -2.27. The molecule has 0 bridgehead atoms. The number of nitrogens with one attached hydrogen (secondary N) is 2. The van der Waals surface area contributed by atoms with Crippen LogP contribution in [0.2, 0.25) is 0 Å². The molecule has 1 saturated heterocycles. The molecule has 1 atom stereocenters. The second kappa shape index (κ2) is 5.89. The van der Waals surface area contributed by atoms with Gasteiger partial charge < -0.3 is 10.1 Å². The summed E-state index contributed by atoms with van der Waals surface area (Å²) in [4.78, 5) is 16.5. The van der Waals surface area contributed by atoms with E-state index in [1.807, 2.05) is 0 Å². The molecular weight excluding hydrogens is 270 g/mol. The monoisotopic (exact) mass is 285 g/mol. The normalized spacial score (nSPS) is 17.3. The van der Waals surface area contributed by atoms with E-state index in [1.165, 1.54) is 6.20 Å². The molecular formula is C14H15N5O2. The first-order valence-electron chi connectivity index (χ1n) is 6.80. The fourth-order valence-electron chi connectivity index (χ4n) is 2.50. The average Bonchev–Trinajstić information content (AvgIpc) is 3.01. The molecule has 0 spiro atoms. The van der Waals surface area contributed by atoms with Gasteiger partial charge in [0.15, 0.2) is 0 Å². The molecule has 3 heterocycles. The maximum absolute atomic E-state index is 12.4. The van der Waals surface area contributed by atoms with Crippen molar-refractivity contribution in [2.75, 3.05) is 13.2 Å². The molecule has 2 aromatic heterocycles. The Morgan fingerprint density at radius 2 is 2.29 bits per heavy atom. The van der Waals surface area contributed by atoms with Crippen LogP contribution >= 0.6 is 0 Å². The molecule has 1 amide bonds. The van der Waals surface area contributed by atoms with Gasteiger partial charge in [-0.1, -0.05) is 5.92 Å². The number of ether oxygens (including phenoxy) is 1. The number of hydrogen-bond acceptors (Lipinski definition) is 5. The lowest BCUT2D eigenvalue weighted by atomic mass is 9.92. The number of aromatic nitrogens is 4. The number of H-pyrrole nitrogens is 1. The van der Waals surface area contributed by atoms with Crippen LogP contribution in [0.5, 0.6) is 0 Å². The summed E-state index contributed by atoms with van der Waals surface area (Å²) in [5.41, 5.74) is 1.27. The SMILES string of the molecule is C#C[C@H](NC(=O)c1ccnc2n[nH]nc12)C1CCOCC1. The van der Waals surface area contributed by atoms with E-state index in [4.69, 9.17) is 11.2 Å². The lowest BCUT2D eigenvalue weighted by Crippen LogP contribution is -2.41. The zero-order valence-electron chi connectivity index (χ0n) is 11.4. The molecule has 1 aliphatic rings. The number of carbonyl (C=O) groups is 1. The van der Waals surface area contributed by atoms with Gasteiger partial charge in [0.25, 0.3) is 5.91 Å². The standard InChI is InChI=1S/C14H15N5O2/c1-2-11(9-4-7-21-8-5-9)16-14(20)10-3-6-15-13-12(10)17-19-18-13/h1,3,6,9,11H,4-5,7-8H2,(H,16,20)(H,15,17,18,19)/t11-/m0/s1. The van der Waals surface area contributed by atoms with Crippen LogP contribution in [0.25, 0.3) is 11.2 Å². The van der Waals surface area contributed by atoms with E-state index >= 15 is 0 Å². The Morgan fingerprint density at radius 1 is 1.48 bits per heavy atom. The second-order valence-corrected chi connectivity index (χ2v) is 4.92. The predicted molar refractivity (Wildman–Crippen MR) is 75.3 cm³/mol. The number of pyridine rings is 1. The van der Waals surface area contributed by atoms with Gasteiger partial charge in [-0.2, -0.15) is 10.3 Å². The summed E-state index contributed by atoms with van der Waals surface area (Å²) < 4.78 is 5.32. The Kier molecular flexibility index (Phi) is 3.79. The minimum atomic E-state index is -0.309. The third-order valence-electron chi connectivity index (χ3n) is 3.67. The Morgan fingerprint density at radius 3 is 3.05 bits per heavy atom. The molecule has 0 aromatic carbocycles. The zero-order valence-corrected chi connectivity index (χ0v) is 11.4. The quantitative estimate of drug-likeness (QED) is 0.802. The van der Waals surface area contributed by atoms with Crippen LogP contribution in [0.3, 0.4) is 0 Å². The highest BCUT2D eigenvalue weighted by Crippen LogP contribution is 2.19. The van der Waals surface area contributed by atoms with Crippen molar-refractivity contribution >= 4 is 17.1 Å². The molecule has 1 aliphatic heterocycles. The van der Waals surface area contributed by atoms with E-state index in [-0.39, 0.29) is 17.9 Å². The van der Waals surface area contributed by atoms with Gasteiger partial charge in [-0.15, -0.1) is 11.5 Å². The van der Waals surface area contributed by atoms with Crippen molar-refractivity contribution in [2.45, 2.75) is 18.9 Å². The number of hydrogen-bond donors (Lipinski definition) is 2. The summed E-state index contributed by atoms with van der Waals surface area (Å²) in [6, 6.07) is 1.30. The van der Waals surface area contributed by atoms with E-state index in [2.05, 4.69) is 31.6 Å². The molecule has 0 aliphatic carbocycles. The summed E-state index contributed by atoms with van der Waals surface area (Å²) >= 11 is 0. The van der Waals surface area contributed by atoms with Gasteiger partial charge in [0.2, 0.25) is 5.65 Å². The molecule has 0 saturated carbocycles. The molecule has 7 heteroatoms. The number of terminal acetylenes is 1. The van der Waals surface area contributed by atoms with Crippen molar-refractivity contribution in [1.29, 1.82) is 0 Å². The highest BCUT2D eigenvalue weighted by Gasteiger charge is 2.25. The first kappa shape index (κ1) is 13.5. The van der Waals surface area contributed by atoms with Gasteiger partial charge in [0, 0.05) is 19.4 Å². The number of rotatable bonds is 3. The van der Waals surface area contributed by atoms with E-state index in [1.54, 1.807) is 6.07 Å². The molecule has 2 N–H and O–H groups in total. The molecule has 1 fully saturated rings. The van der Waals surface area contributed by atoms with Crippen LogP contribution in [-0.2, 0) is 4.74 Å². The molecule has 7 nitrogen and oxygen atoms in total. The Hall–Kier alpha value is -2.46. The predicted octanol–water partition coefficient (Wildman–Crippen LogP) is 0.511. The van der Waals surface area contributed by atoms with E-state index in [9.17, 15) is 4.79 Å². The van der Waals surface area contributed by atoms with Gasteiger partial charge in [-0.3, -0.25) is 4.79 Å². The van der Waals surface area contributed by atoms with Gasteiger partial charge in [-0.25, -0.2) is 4.98 Å². The van der Waals surface area contributed by atoms with Crippen molar-refractivity contribution in [3.05, 3.63) is 17.8 Å². The third kappa shape index (κ3) is 2.71. The topological polar surface area (TPSA) is 92.8 Å². The Balaban J connectivity index is 1.78. The van der Waals surface area contributed by atoms with Crippen molar-refractivity contribution in [1.82, 2.24) is 25.7 Å². The maximum Gasteiger partial charge on any atom is 0.254 e. The van der Waals surface area contributed by atoms with Crippen molar-refractivity contribution in [3.63, 3.8) is 0 Å². The van der Waals surface area contributed by atoms with Crippen LogP contribution in [-0.4, -0.2) is 45.6 Å². The number of carbonyl (C=O) groups excluding carboxylic acids is 1. The minimum Gasteiger partial charge on any atom is -0.381 e. The largest absolute Gasteiger partial charge is 0.381 e. The van der Waals surface area contributed by atoms with Crippen LogP contribution in [0.1, 0.15) is 23.2 Å². The van der Waals surface area contributed by atoms with E-state index in [0.717, 1.165) is 12.8 Å².